The van der Waals surface area contributed by atoms with E-state index >= 15 is 0 Å². The first-order valence-electron chi connectivity index (χ1n) is 9.09. The van der Waals surface area contributed by atoms with Crippen LogP contribution in [0, 0.1) is 6.92 Å². The van der Waals surface area contributed by atoms with Crippen molar-refractivity contribution in [2.24, 2.45) is 0 Å². The minimum absolute atomic E-state index is 0.143. The lowest BCUT2D eigenvalue weighted by Gasteiger charge is -2.08. The Bertz CT molecular complexity index is 1260. The Morgan fingerprint density at radius 1 is 1.13 bits per heavy atom. The molecule has 2 aromatic carbocycles. The van der Waals surface area contributed by atoms with Gasteiger partial charge in [0.1, 0.15) is 17.1 Å². The second-order valence-corrected chi connectivity index (χ2v) is 7.72. The Morgan fingerprint density at radius 3 is 2.60 bits per heavy atom. The first-order chi connectivity index (χ1) is 14.5. The molecule has 30 heavy (non-hydrogen) atoms. The van der Waals surface area contributed by atoms with Crippen molar-refractivity contribution in [1.82, 2.24) is 4.98 Å². The maximum atomic E-state index is 12.4. The smallest absolute Gasteiger partial charge is 0.344 e. The normalized spacial score (nSPS) is 10.7. The third-order valence-corrected chi connectivity index (χ3v) is 5.17. The van der Waals surface area contributed by atoms with Crippen molar-refractivity contribution in [2.45, 2.75) is 6.92 Å². The molecule has 0 aliphatic heterocycles. The number of amides is 1. The van der Waals surface area contributed by atoms with Gasteiger partial charge in [-0.25, -0.2) is 9.78 Å². The molecule has 7 nitrogen and oxygen atoms in total. The number of aromatic nitrogens is 1. The number of thiazole rings is 1. The topological polar surface area (TPSA) is 90.7 Å². The molecular formula is C22H18N2O5S. The summed E-state index contributed by atoms with van der Waals surface area (Å²) in [6.45, 7) is 1.77. The Hall–Kier alpha value is -3.65. The van der Waals surface area contributed by atoms with E-state index in [0.717, 1.165) is 10.3 Å². The summed E-state index contributed by atoms with van der Waals surface area (Å²) in [6.07, 6.45) is 1.69. The number of anilines is 1. The number of carbonyl (C=O) groups is 1. The Kier molecular flexibility index (Phi) is 5.49. The molecular weight excluding hydrogens is 404 g/mol. The first-order valence-corrected chi connectivity index (χ1v) is 9.91. The highest BCUT2D eigenvalue weighted by molar-refractivity contribution is 7.15. The van der Waals surface area contributed by atoms with Gasteiger partial charge in [-0.05, 0) is 48.9 Å². The average Bonchev–Trinajstić information content (AvgIpc) is 3.16. The van der Waals surface area contributed by atoms with Crippen LogP contribution >= 0.6 is 11.3 Å². The van der Waals surface area contributed by atoms with Crippen LogP contribution in [0.15, 0.2) is 63.9 Å². The van der Waals surface area contributed by atoms with Crippen molar-refractivity contribution in [1.29, 1.82) is 0 Å². The molecule has 0 unspecified atom stereocenters. The van der Waals surface area contributed by atoms with Crippen molar-refractivity contribution < 1.29 is 18.7 Å². The Morgan fingerprint density at radius 2 is 1.90 bits per heavy atom. The van der Waals surface area contributed by atoms with Crippen molar-refractivity contribution in [3.8, 4) is 22.6 Å². The lowest BCUT2D eigenvalue weighted by atomic mass is 10.1. The predicted octanol–water partition coefficient (Wildman–Crippen LogP) is 4.25. The molecule has 0 aliphatic carbocycles. The molecule has 0 aliphatic rings. The molecule has 0 atom stereocenters. The molecule has 0 fully saturated rings. The van der Waals surface area contributed by atoms with E-state index in [1.807, 2.05) is 13.0 Å². The number of fused-ring (bicyclic) bond motifs is 1. The molecule has 4 rings (SSSR count). The summed E-state index contributed by atoms with van der Waals surface area (Å²) in [5.41, 5.74) is 1.17. The minimum Gasteiger partial charge on any atom is -0.497 e. The number of nitrogens with one attached hydrogen (secondary N) is 1. The first kappa shape index (κ1) is 19.7. The van der Waals surface area contributed by atoms with E-state index in [0.29, 0.717) is 33.3 Å². The molecule has 0 spiro atoms. The highest BCUT2D eigenvalue weighted by Gasteiger charge is 2.10. The van der Waals surface area contributed by atoms with E-state index in [-0.39, 0.29) is 12.5 Å². The van der Waals surface area contributed by atoms with Gasteiger partial charge in [-0.1, -0.05) is 12.1 Å². The van der Waals surface area contributed by atoms with Crippen LogP contribution in [0.25, 0.3) is 22.1 Å². The molecule has 0 saturated carbocycles. The van der Waals surface area contributed by atoms with Crippen LogP contribution in [0.1, 0.15) is 4.88 Å². The summed E-state index contributed by atoms with van der Waals surface area (Å²) in [6, 6.07) is 13.9. The van der Waals surface area contributed by atoms with Gasteiger partial charge in [0.2, 0.25) is 0 Å². The van der Waals surface area contributed by atoms with Crippen molar-refractivity contribution >= 4 is 33.3 Å². The van der Waals surface area contributed by atoms with Crippen LogP contribution in [0.3, 0.4) is 0 Å². The highest BCUT2D eigenvalue weighted by atomic mass is 32.1. The highest BCUT2D eigenvalue weighted by Crippen LogP contribution is 2.26. The number of carbonyl (C=O) groups excluding carboxylic acids is 1. The third kappa shape index (κ3) is 4.33. The molecule has 4 aromatic rings. The van der Waals surface area contributed by atoms with Gasteiger partial charge in [0, 0.05) is 16.5 Å². The molecule has 1 amide bonds. The third-order valence-electron chi connectivity index (χ3n) is 4.34. The Labute approximate surface area is 175 Å². The maximum Gasteiger partial charge on any atom is 0.344 e. The summed E-state index contributed by atoms with van der Waals surface area (Å²) in [4.78, 5) is 29.4. The number of methoxy groups -OCH3 is 1. The van der Waals surface area contributed by atoms with Crippen LogP contribution < -0.4 is 20.4 Å². The van der Waals surface area contributed by atoms with Crippen molar-refractivity contribution in [3.63, 3.8) is 0 Å². The molecule has 0 radical (unpaired) electrons. The van der Waals surface area contributed by atoms with Crippen molar-refractivity contribution in [3.05, 3.63) is 70.0 Å². The number of hydrogen-bond donors (Lipinski definition) is 1. The summed E-state index contributed by atoms with van der Waals surface area (Å²) < 4.78 is 16.2. The average molecular weight is 422 g/mol. The summed E-state index contributed by atoms with van der Waals surface area (Å²) in [5.74, 6) is 0.894. The number of nitrogens with zero attached hydrogens (tertiary/aromatic N) is 1. The molecule has 2 heterocycles. The standard InChI is InChI=1S/C22H18N2O5S/c1-13-11-23-22(30-13)24-20(25)12-28-16-5-3-14(4-6-16)18-10-15-9-17(27-2)7-8-19(15)29-21(18)26/h3-11H,12H2,1-2H3,(H,23,24,25). The number of rotatable bonds is 6. The van der Waals surface area contributed by atoms with Gasteiger partial charge in [0.05, 0.1) is 12.7 Å². The van der Waals surface area contributed by atoms with E-state index in [4.69, 9.17) is 13.9 Å². The fourth-order valence-electron chi connectivity index (χ4n) is 2.88. The zero-order valence-electron chi connectivity index (χ0n) is 16.3. The minimum atomic E-state index is -0.431. The van der Waals surface area contributed by atoms with Gasteiger partial charge in [0.15, 0.2) is 11.7 Å². The second-order valence-electron chi connectivity index (χ2n) is 6.49. The second kappa shape index (κ2) is 8.38. The van der Waals surface area contributed by atoms with E-state index in [2.05, 4.69) is 10.3 Å². The van der Waals surface area contributed by atoms with Gasteiger partial charge in [0.25, 0.3) is 5.91 Å². The van der Waals surface area contributed by atoms with E-state index < -0.39 is 5.63 Å². The maximum absolute atomic E-state index is 12.4. The summed E-state index contributed by atoms with van der Waals surface area (Å²) in [5, 5.41) is 3.98. The SMILES string of the molecule is COc1ccc2oc(=O)c(-c3ccc(OCC(=O)Nc4ncc(C)s4)cc3)cc2c1. The van der Waals surface area contributed by atoms with E-state index in [1.54, 1.807) is 55.8 Å². The van der Waals surface area contributed by atoms with Gasteiger partial charge in [-0.2, -0.15) is 0 Å². The van der Waals surface area contributed by atoms with Crippen LogP contribution in [0.4, 0.5) is 5.13 Å². The van der Waals surface area contributed by atoms with Crippen LogP contribution in [0.5, 0.6) is 11.5 Å². The van der Waals surface area contributed by atoms with E-state index in [9.17, 15) is 9.59 Å². The molecule has 0 bridgehead atoms. The molecule has 1 N–H and O–H groups in total. The molecule has 8 heteroatoms. The van der Waals surface area contributed by atoms with Gasteiger partial charge in [-0.15, -0.1) is 11.3 Å². The number of benzene rings is 2. The van der Waals surface area contributed by atoms with Gasteiger partial charge >= 0.3 is 5.63 Å². The summed E-state index contributed by atoms with van der Waals surface area (Å²) >= 11 is 1.40. The number of ether oxygens (including phenoxy) is 2. The van der Waals surface area contributed by atoms with Gasteiger partial charge in [-0.3, -0.25) is 10.1 Å². The largest absolute Gasteiger partial charge is 0.497 e. The zero-order chi connectivity index (χ0) is 21.1. The molecule has 2 aromatic heterocycles. The Balaban J connectivity index is 1.47. The molecule has 152 valence electrons. The van der Waals surface area contributed by atoms with E-state index in [1.165, 1.54) is 11.3 Å². The summed E-state index contributed by atoms with van der Waals surface area (Å²) in [7, 11) is 1.58. The van der Waals surface area contributed by atoms with Gasteiger partial charge < -0.3 is 13.9 Å². The predicted molar refractivity (Wildman–Crippen MR) is 115 cm³/mol. The van der Waals surface area contributed by atoms with Crippen molar-refractivity contribution in [2.75, 3.05) is 19.0 Å². The van der Waals surface area contributed by atoms with Crippen LogP contribution in [0.2, 0.25) is 0 Å². The van der Waals surface area contributed by atoms with Crippen LogP contribution in [-0.2, 0) is 4.79 Å². The monoisotopic (exact) mass is 422 g/mol. The quantitative estimate of drug-likeness (QED) is 0.467. The fourth-order valence-corrected chi connectivity index (χ4v) is 3.56. The lowest BCUT2D eigenvalue weighted by molar-refractivity contribution is -0.118. The number of hydrogen-bond acceptors (Lipinski definition) is 7. The number of aryl methyl sites for hydroxylation is 1. The van der Waals surface area contributed by atoms with Crippen LogP contribution in [-0.4, -0.2) is 24.6 Å². The zero-order valence-corrected chi connectivity index (χ0v) is 17.1. The fraction of sp³-hybridized carbons (Fsp3) is 0.136. The molecule has 0 saturated heterocycles. The lowest BCUT2D eigenvalue weighted by Crippen LogP contribution is -2.19.